The van der Waals surface area contributed by atoms with Crippen LogP contribution in [0.25, 0.3) is 0 Å². The van der Waals surface area contributed by atoms with Crippen LogP contribution in [0.4, 0.5) is 5.69 Å². The largest absolute Gasteiger partial charge is 0.478 e. The Morgan fingerprint density at radius 3 is 2.30 bits per heavy atom. The van der Waals surface area contributed by atoms with Crippen LogP contribution in [-0.4, -0.2) is 40.9 Å². The summed E-state index contributed by atoms with van der Waals surface area (Å²) in [5.41, 5.74) is 2.12. The Bertz CT molecular complexity index is 856. The lowest BCUT2D eigenvalue weighted by Crippen LogP contribution is -2.41. The van der Waals surface area contributed by atoms with Gasteiger partial charge < -0.3 is 15.3 Å². The highest BCUT2D eigenvalue weighted by molar-refractivity contribution is 5.97. The second-order valence-electron chi connectivity index (χ2n) is 6.76. The average molecular weight is 366 g/mol. The Morgan fingerprint density at radius 1 is 1.00 bits per heavy atom. The van der Waals surface area contributed by atoms with Gasteiger partial charge in [-0.1, -0.05) is 24.3 Å². The third-order valence-corrected chi connectivity index (χ3v) is 4.92. The zero-order valence-corrected chi connectivity index (χ0v) is 15.1. The van der Waals surface area contributed by atoms with Crippen molar-refractivity contribution in [3.8, 4) is 0 Å². The van der Waals surface area contributed by atoms with Gasteiger partial charge in [0.25, 0.3) is 5.91 Å². The first-order valence-corrected chi connectivity index (χ1v) is 8.95. The Balaban J connectivity index is 1.60. The molecule has 1 heterocycles. The van der Waals surface area contributed by atoms with Gasteiger partial charge in [0.1, 0.15) is 0 Å². The number of amides is 2. The van der Waals surface area contributed by atoms with Crippen molar-refractivity contribution in [1.82, 2.24) is 4.90 Å². The number of carbonyl (C=O) groups excluding carboxylic acids is 2. The summed E-state index contributed by atoms with van der Waals surface area (Å²) in [6.45, 7) is 2.88. The molecule has 27 heavy (non-hydrogen) atoms. The number of piperidine rings is 1. The van der Waals surface area contributed by atoms with Crippen molar-refractivity contribution >= 4 is 23.5 Å². The maximum atomic E-state index is 12.6. The van der Waals surface area contributed by atoms with E-state index in [2.05, 4.69) is 5.32 Å². The maximum absolute atomic E-state index is 12.6. The van der Waals surface area contributed by atoms with Crippen LogP contribution in [0.3, 0.4) is 0 Å². The highest BCUT2D eigenvalue weighted by atomic mass is 16.4. The SMILES string of the molecule is Cc1ccc(C(=O)O)cc1NC(=O)C1CCN(C(=O)c2ccccc2)CC1. The van der Waals surface area contributed by atoms with Crippen molar-refractivity contribution in [2.24, 2.45) is 5.92 Å². The summed E-state index contributed by atoms with van der Waals surface area (Å²) in [4.78, 5) is 38.0. The molecule has 0 saturated carbocycles. The molecule has 0 radical (unpaired) electrons. The third kappa shape index (κ3) is 4.34. The van der Waals surface area contributed by atoms with Crippen LogP contribution in [0.1, 0.15) is 39.1 Å². The molecular weight excluding hydrogens is 344 g/mol. The molecule has 2 amide bonds. The zero-order chi connectivity index (χ0) is 19.4. The molecule has 0 unspecified atom stereocenters. The highest BCUT2D eigenvalue weighted by Crippen LogP contribution is 2.23. The van der Waals surface area contributed by atoms with Crippen LogP contribution in [0.15, 0.2) is 48.5 Å². The van der Waals surface area contributed by atoms with Crippen molar-refractivity contribution in [3.05, 3.63) is 65.2 Å². The Labute approximate surface area is 157 Å². The van der Waals surface area contributed by atoms with Gasteiger partial charge in [-0.05, 0) is 49.6 Å². The molecule has 3 rings (SSSR count). The minimum absolute atomic E-state index is 0.0144. The first-order chi connectivity index (χ1) is 13.0. The van der Waals surface area contributed by atoms with E-state index in [0.717, 1.165) is 5.56 Å². The van der Waals surface area contributed by atoms with Gasteiger partial charge in [0.2, 0.25) is 5.91 Å². The molecule has 1 aliphatic heterocycles. The molecule has 2 aromatic rings. The summed E-state index contributed by atoms with van der Waals surface area (Å²) in [5, 5.41) is 12.0. The molecule has 0 spiro atoms. The number of carboxylic acids is 1. The van der Waals surface area contributed by atoms with Gasteiger partial charge in [0.15, 0.2) is 0 Å². The topological polar surface area (TPSA) is 86.7 Å². The average Bonchev–Trinajstić information content (AvgIpc) is 2.69. The van der Waals surface area contributed by atoms with Gasteiger partial charge in [-0.3, -0.25) is 9.59 Å². The minimum Gasteiger partial charge on any atom is -0.478 e. The predicted octanol–water partition coefficient (Wildman–Crippen LogP) is 3.18. The number of rotatable bonds is 4. The lowest BCUT2D eigenvalue weighted by atomic mass is 9.95. The highest BCUT2D eigenvalue weighted by Gasteiger charge is 2.28. The normalized spacial score (nSPS) is 14.6. The monoisotopic (exact) mass is 366 g/mol. The van der Waals surface area contributed by atoms with Crippen molar-refractivity contribution < 1.29 is 19.5 Å². The lowest BCUT2D eigenvalue weighted by Gasteiger charge is -2.31. The molecule has 1 aliphatic rings. The lowest BCUT2D eigenvalue weighted by molar-refractivity contribution is -0.121. The molecule has 2 aromatic carbocycles. The molecule has 0 atom stereocenters. The molecule has 6 nitrogen and oxygen atoms in total. The van der Waals surface area contributed by atoms with Crippen LogP contribution < -0.4 is 5.32 Å². The number of hydrogen-bond donors (Lipinski definition) is 2. The number of anilines is 1. The second kappa shape index (κ2) is 8.03. The van der Waals surface area contributed by atoms with Crippen LogP contribution in [0.2, 0.25) is 0 Å². The molecule has 0 aliphatic carbocycles. The molecule has 1 saturated heterocycles. The summed E-state index contributed by atoms with van der Waals surface area (Å²) >= 11 is 0. The summed E-state index contributed by atoms with van der Waals surface area (Å²) in [6.07, 6.45) is 1.17. The van der Waals surface area contributed by atoms with E-state index in [1.807, 2.05) is 25.1 Å². The predicted molar refractivity (Wildman–Crippen MR) is 102 cm³/mol. The zero-order valence-electron chi connectivity index (χ0n) is 15.1. The number of nitrogens with zero attached hydrogens (tertiary/aromatic N) is 1. The van der Waals surface area contributed by atoms with Gasteiger partial charge in [-0.25, -0.2) is 4.79 Å². The van der Waals surface area contributed by atoms with Crippen molar-refractivity contribution in [2.45, 2.75) is 19.8 Å². The molecule has 0 aromatic heterocycles. The van der Waals surface area contributed by atoms with Crippen LogP contribution >= 0.6 is 0 Å². The van der Waals surface area contributed by atoms with Crippen molar-refractivity contribution in [3.63, 3.8) is 0 Å². The Kier molecular flexibility index (Phi) is 5.54. The summed E-state index contributed by atoms with van der Waals surface area (Å²) in [6, 6.07) is 13.8. The maximum Gasteiger partial charge on any atom is 0.335 e. The second-order valence-corrected chi connectivity index (χ2v) is 6.76. The fourth-order valence-corrected chi connectivity index (χ4v) is 3.23. The third-order valence-electron chi connectivity index (χ3n) is 4.92. The van der Waals surface area contributed by atoms with Crippen molar-refractivity contribution in [2.75, 3.05) is 18.4 Å². The molecule has 0 bridgehead atoms. The smallest absolute Gasteiger partial charge is 0.335 e. The van der Waals surface area contributed by atoms with Gasteiger partial charge in [0, 0.05) is 30.3 Å². The summed E-state index contributed by atoms with van der Waals surface area (Å²) < 4.78 is 0. The first kappa shape index (κ1) is 18.6. The van der Waals surface area contributed by atoms with Crippen molar-refractivity contribution in [1.29, 1.82) is 0 Å². The number of carbonyl (C=O) groups is 3. The number of likely N-dealkylation sites (tertiary alicyclic amines) is 1. The molecule has 1 fully saturated rings. The molecule has 6 heteroatoms. The number of aryl methyl sites for hydroxylation is 1. The quantitative estimate of drug-likeness (QED) is 0.870. The number of hydrogen-bond acceptors (Lipinski definition) is 3. The van der Waals surface area contributed by atoms with Crippen LogP contribution in [0, 0.1) is 12.8 Å². The summed E-state index contributed by atoms with van der Waals surface area (Å²) in [7, 11) is 0. The van der Waals surface area contributed by atoms with Gasteiger partial charge in [0.05, 0.1) is 5.56 Å². The number of aromatic carboxylic acids is 1. The number of benzene rings is 2. The fourth-order valence-electron chi connectivity index (χ4n) is 3.23. The van der Waals surface area contributed by atoms with Crippen LogP contribution in [0.5, 0.6) is 0 Å². The molecular formula is C21H22N2O4. The van der Waals surface area contributed by atoms with Gasteiger partial charge >= 0.3 is 5.97 Å². The van der Waals surface area contributed by atoms with Crippen LogP contribution in [-0.2, 0) is 4.79 Å². The molecule has 140 valence electrons. The number of carboxylic acid groups (broad SMARTS) is 1. The van der Waals surface area contributed by atoms with E-state index in [0.29, 0.717) is 37.2 Å². The summed E-state index contributed by atoms with van der Waals surface area (Å²) in [5.74, 6) is -1.37. The van der Waals surface area contributed by atoms with E-state index < -0.39 is 5.97 Å². The van der Waals surface area contributed by atoms with E-state index >= 15 is 0 Å². The molecule has 2 N–H and O–H groups in total. The van der Waals surface area contributed by atoms with E-state index in [1.165, 1.54) is 12.1 Å². The van der Waals surface area contributed by atoms with E-state index in [1.54, 1.807) is 23.1 Å². The fraction of sp³-hybridized carbons (Fsp3) is 0.286. The Morgan fingerprint density at radius 2 is 1.67 bits per heavy atom. The van der Waals surface area contributed by atoms with E-state index in [4.69, 9.17) is 5.11 Å². The minimum atomic E-state index is -1.03. The van der Waals surface area contributed by atoms with Gasteiger partial charge in [-0.2, -0.15) is 0 Å². The Hall–Kier alpha value is -3.15. The van der Waals surface area contributed by atoms with Gasteiger partial charge in [-0.15, -0.1) is 0 Å². The van der Waals surface area contributed by atoms with E-state index in [-0.39, 0.29) is 23.3 Å². The van der Waals surface area contributed by atoms with E-state index in [9.17, 15) is 14.4 Å². The first-order valence-electron chi connectivity index (χ1n) is 8.95. The standard InChI is InChI=1S/C21H22N2O4/c1-14-7-8-17(21(26)27)13-18(14)22-19(24)15-9-11-23(12-10-15)20(25)16-5-3-2-4-6-16/h2-8,13,15H,9-12H2,1H3,(H,22,24)(H,26,27). The number of nitrogens with one attached hydrogen (secondary N) is 1.